The van der Waals surface area contributed by atoms with Crippen molar-refractivity contribution in [3.63, 3.8) is 0 Å². The second kappa shape index (κ2) is 10.1. The maximum absolute atomic E-state index is 12.0. The Morgan fingerprint density at radius 1 is 1.19 bits per heavy atom. The number of hydrogen-bond donors (Lipinski definition) is 2. The van der Waals surface area contributed by atoms with Crippen molar-refractivity contribution in [2.24, 2.45) is 17.1 Å². The molecule has 146 valence electrons. The highest BCUT2D eigenvalue weighted by Gasteiger charge is 2.27. The lowest BCUT2D eigenvalue weighted by atomic mass is 9.87. The van der Waals surface area contributed by atoms with E-state index in [9.17, 15) is 4.79 Å². The van der Waals surface area contributed by atoms with E-state index in [1.807, 2.05) is 20.8 Å². The van der Waals surface area contributed by atoms with Crippen LogP contribution in [0.1, 0.15) is 52.0 Å². The molecule has 0 radical (unpaired) electrons. The molecule has 4 nitrogen and oxygen atoms in total. The fourth-order valence-corrected chi connectivity index (χ4v) is 3.54. The van der Waals surface area contributed by atoms with Gasteiger partial charge in [0.2, 0.25) is 5.91 Å². The Bertz CT molecular complexity index is 530. The minimum atomic E-state index is -0.439. The zero-order valence-electron chi connectivity index (χ0n) is 16.8. The smallest absolute Gasteiger partial charge is 0.237 e. The van der Waals surface area contributed by atoms with Crippen molar-refractivity contribution in [3.8, 4) is 0 Å². The largest absolute Gasteiger partial charge is 0.355 e. The Morgan fingerprint density at radius 2 is 1.85 bits per heavy atom. The summed E-state index contributed by atoms with van der Waals surface area (Å²) in [4.78, 5) is 14.6. The number of hydrogen-bond acceptors (Lipinski definition) is 3. The van der Waals surface area contributed by atoms with Crippen LogP contribution in [-0.4, -0.2) is 43.0 Å². The number of likely N-dealkylation sites (tertiary alicyclic amines) is 1. The van der Waals surface area contributed by atoms with Crippen LogP contribution in [0.3, 0.4) is 0 Å². The maximum Gasteiger partial charge on any atom is 0.237 e. The quantitative estimate of drug-likeness (QED) is 0.701. The first-order valence-electron chi connectivity index (χ1n) is 10.2. The number of amides is 1. The minimum absolute atomic E-state index is 0.0285. The standard InChI is InChI=1S/C22H37N3O/c1-22(2,3)20(23)21(26)24-13-7-8-14-25-15-11-19(12-16-25)17-18-9-5-4-6-10-18/h4-6,9-10,19-20H,7-8,11-17,23H2,1-3H3,(H,24,26)/t20-/m1/s1. The van der Waals surface area contributed by atoms with Crippen LogP contribution in [0.25, 0.3) is 0 Å². The zero-order chi connectivity index (χ0) is 19.0. The molecule has 1 fully saturated rings. The van der Waals surface area contributed by atoms with E-state index in [0.29, 0.717) is 0 Å². The first-order valence-corrected chi connectivity index (χ1v) is 10.2. The summed E-state index contributed by atoms with van der Waals surface area (Å²) in [6.45, 7) is 10.3. The average molecular weight is 360 g/mol. The zero-order valence-corrected chi connectivity index (χ0v) is 16.8. The van der Waals surface area contributed by atoms with Gasteiger partial charge in [0.15, 0.2) is 0 Å². The van der Waals surface area contributed by atoms with Gasteiger partial charge < -0.3 is 16.0 Å². The number of nitrogens with zero attached hydrogens (tertiary/aromatic N) is 1. The Kier molecular flexibility index (Phi) is 8.11. The van der Waals surface area contributed by atoms with Gasteiger partial charge in [-0.05, 0) is 68.6 Å². The van der Waals surface area contributed by atoms with Crippen LogP contribution in [0, 0.1) is 11.3 Å². The Balaban J connectivity index is 1.54. The molecule has 0 bridgehead atoms. The molecule has 2 rings (SSSR count). The second-order valence-electron chi connectivity index (χ2n) is 8.82. The van der Waals surface area contributed by atoms with E-state index >= 15 is 0 Å². The number of unbranched alkanes of at least 4 members (excludes halogenated alkanes) is 1. The fraction of sp³-hybridized carbons (Fsp3) is 0.682. The Hall–Kier alpha value is -1.39. The van der Waals surface area contributed by atoms with Gasteiger partial charge in [-0.3, -0.25) is 4.79 Å². The lowest BCUT2D eigenvalue weighted by Crippen LogP contribution is -2.48. The number of carbonyl (C=O) groups excluding carboxylic acids is 1. The number of carbonyl (C=O) groups is 1. The monoisotopic (exact) mass is 359 g/mol. The highest BCUT2D eigenvalue weighted by atomic mass is 16.2. The van der Waals surface area contributed by atoms with Crippen molar-refractivity contribution in [1.82, 2.24) is 10.2 Å². The summed E-state index contributed by atoms with van der Waals surface area (Å²) in [5.41, 5.74) is 7.26. The van der Waals surface area contributed by atoms with Gasteiger partial charge in [0.1, 0.15) is 0 Å². The molecule has 3 N–H and O–H groups in total. The van der Waals surface area contributed by atoms with E-state index in [1.165, 1.54) is 37.9 Å². The van der Waals surface area contributed by atoms with Crippen LogP contribution in [0.2, 0.25) is 0 Å². The third-order valence-electron chi connectivity index (χ3n) is 5.49. The first-order chi connectivity index (χ1) is 12.4. The number of nitrogens with two attached hydrogens (primary N) is 1. The van der Waals surface area contributed by atoms with Crippen LogP contribution >= 0.6 is 0 Å². The summed E-state index contributed by atoms with van der Waals surface area (Å²) in [5.74, 6) is 0.797. The second-order valence-corrected chi connectivity index (χ2v) is 8.82. The van der Waals surface area contributed by atoms with Gasteiger partial charge in [-0.25, -0.2) is 0 Å². The third kappa shape index (κ3) is 7.08. The van der Waals surface area contributed by atoms with Gasteiger partial charge in [0.05, 0.1) is 6.04 Å². The minimum Gasteiger partial charge on any atom is -0.355 e. The molecule has 0 saturated carbocycles. The van der Waals surface area contributed by atoms with Gasteiger partial charge in [-0.15, -0.1) is 0 Å². The van der Waals surface area contributed by atoms with E-state index in [-0.39, 0.29) is 11.3 Å². The summed E-state index contributed by atoms with van der Waals surface area (Å²) in [7, 11) is 0. The van der Waals surface area contributed by atoms with Crippen molar-refractivity contribution in [3.05, 3.63) is 35.9 Å². The molecule has 1 aliphatic rings. The fourth-order valence-electron chi connectivity index (χ4n) is 3.54. The molecule has 1 aromatic rings. The molecule has 1 heterocycles. The first kappa shape index (κ1) is 20.9. The summed E-state index contributed by atoms with van der Waals surface area (Å²) in [5, 5.41) is 2.98. The topological polar surface area (TPSA) is 58.4 Å². The normalized spacial score (nSPS) is 17.8. The molecule has 0 spiro atoms. The van der Waals surface area contributed by atoms with Crippen LogP contribution in [0.15, 0.2) is 30.3 Å². The predicted octanol–water partition coefficient (Wildman–Crippen LogP) is 3.21. The van der Waals surface area contributed by atoms with Crippen molar-refractivity contribution < 1.29 is 4.79 Å². The summed E-state index contributed by atoms with van der Waals surface area (Å²) in [6, 6.07) is 10.4. The lowest BCUT2D eigenvalue weighted by molar-refractivity contribution is -0.124. The third-order valence-corrected chi connectivity index (χ3v) is 5.49. The molecule has 1 aliphatic heterocycles. The molecule has 1 atom stereocenters. The van der Waals surface area contributed by atoms with Crippen LogP contribution in [-0.2, 0) is 11.2 Å². The number of piperidine rings is 1. The van der Waals surface area contributed by atoms with Crippen molar-refractivity contribution in [1.29, 1.82) is 0 Å². The number of nitrogens with one attached hydrogen (secondary N) is 1. The van der Waals surface area contributed by atoms with Gasteiger partial charge in [-0.1, -0.05) is 51.1 Å². The molecule has 1 saturated heterocycles. The molecular formula is C22H37N3O. The van der Waals surface area contributed by atoms with Gasteiger partial charge in [-0.2, -0.15) is 0 Å². The van der Waals surface area contributed by atoms with Gasteiger partial charge in [0, 0.05) is 6.54 Å². The van der Waals surface area contributed by atoms with Crippen LogP contribution < -0.4 is 11.1 Å². The average Bonchev–Trinajstić information content (AvgIpc) is 2.62. The molecule has 0 aliphatic carbocycles. The van der Waals surface area contributed by atoms with Crippen molar-refractivity contribution in [2.75, 3.05) is 26.2 Å². The molecule has 4 heteroatoms. The van der Waals surface area contributed by atoms with E-state index in [4.69, 9.17) is 5.73 Å². The predicted molar refractivity (Wildman–Crippen MR) is 109 cm³/mol. The van der Waals surface area contributed by atoms with E-state index < -0.39 is 6.04 Å². The highest BCUT2D eigenvalue weighted by molar-refractivity contribution is 5.82. The van der Waals surface area contributed by atoms with E-state index in [1.54, 1.807) is 0 Å². The van der Waals surface area contributed by atoms with Crippen molar-refractivity contribution in [2.45, 2.75) is 58.9 Å². The van der Waals surface area contributed by atoms with E-state index in [2.05, 4.69) is 40.5 Å². The Labute approximate surface area is 159 Å². The summed E-state index contributed by atoms with van der Waals surface area (Å²) >= 11 is 0. The molecular weight excluding hydrogens is 322 g/mol. The lowest BCUT2D eigenvalue weighted by Gasteiger charge is -2.32. The van der Waals surface area contributed by atoms with Gasteiger partial charge in [0.25, 0.3) is 0 Å². The van der Waals surface area contributed by atoms with Crippen LogP contribution in [0.4, 0.5) is 0 Å². The highest BCUT2D eigenvalue weighted by Crippen LogP contribution is 2.22. The van der Waals surface area contributed by atoms with Crippen LogP contribution in [0.5, 0.6) is 0 Å². The van der Waals surface area contributed by atoms with Crippen molar-refractivity contribution >= 4 is 5.91 Å². The Morgan fingerprint density at radius 3 is 2.46 bits per heavy atom. The number of rotatable bonds is 8. The van der Waals surface area contributed by atoms with E-state index in [0.717, 1.165) is 31.8 Å². The molecule has 1 amide bonds. The molecule has 0 aromatic heterocycles. The maximum atomic E-state index is 12.0. The summed E-state index contributed by atoms with van der Waals surface area (Å²) < 4.78 is 0. The van der Waals surface area contributed by atoms with Gasteiger partial charge >= 0.3 is 0 Å². The molecule has 1 aromatic carbocycles. The SMILES string of the molecule is CC(C)(C)[C@H](N)C(=O)NCCCCN1CCC(Cc2ccccc2)CC1. The number of benzene rings is 1. The molecule has 26 heavy (non-hydrogen) atoms. The molecule has 0 unspecified atom stereocenters. The summed E-state index contributed by atoms with van der Waals surface area (Å²) in [6.07, 6.45) is 5.97.